The average molecular weight is 422 g/mol. The Morgan fingerprint density at radius 3 is 1.89 bits per heavy atom. The van der Waals surface area contributed by atoms with Crippen LogP contribution in [0.2, 0.25) is 0 Å². The third-order valence-electron chi connectivity index (χ3n) is 3.22. The minimum atomic E-state index is -5.84. The molecule has 0 saturated heterocycles. The summed E-state index contributed by atoms with van der Waals surface area (Å²) in [5.41, 5.74) is -3.14. The second kappa shape index (κ2) is 9.77. The van der Waals surface area contributed by atoms with E-state index in [1.165, 1.54) is 12.5 Å². The van der Waals surface area contributed by atoms with Crippen LogP contribution in [0.1, 0.15) is 24.0 Å². The molecule has 148 valence electrons. The van der Waals surface area contributed by atoms with Crippen molar-refractivity contribution in [3.8, 4) is 5.75 Å². The minimum Gasteiger partial charge on any atom is -0.427 e. The molecular formula is C17H17F3O5S2. The van der Waals surface area contributed by atoms with Crippen LogP contribution < -0.4 is 4.74 Å². The summed E-state index contributed by atoms with van der Waals surface area (Å²) in [5.74, 6) is 1.25. The first-order valence-electron chi connectivity index (χ1n) is 7.43. The van der Waals surface area contributed by atoms with E-state index in [1.54, 1.807) is 0 Å². The molecule has 2 aromatic carbocycles. The van der Waals surface area contributed by atoms with Crippen molar-refractivity contribution in [1.82, 2.24) is 0 Å². The lowest BCUT2D eigenvalue weighted by Gasteiger charge is -2.15. The molecule has 2 rings (SSSR count). The SMILES string of the molecule is CC(=O)Oc1ccc(C(CS)c2ccccc2)cc1.O=S(=O)(O)C(F)(F)F. The molecule has 0 aliphatic carbocycles. The van der Waals surface area contributed by atoms with Crippen LogP contribution in [0.3, 0.4) is 0 Å². The van der Waals surface area contributed by atoms with Gasteiger partial charge in [-0.2, -0.15) is 34.2 Å². The van der Waals surface area contributed by atoms with E-state index in [-0.39, 0.29) is 11.9 Å². The zero-order chi connectivity index (χ0) is 20.7. The van der Waals surface area contributed by atoms with E-state index in [9.17, 15) is 18.0 Å². The van der Waals surface area contributed by atoms with Crippen LogP contribution in [0, 0.1) is 0 Å². The van der Waals surface area contributed by atoms with Gasteiger partial charge in [-0.1, -0.05) is 42.5 Å². The first kappa shape index (κ1) is 23.0. The number of alkyl halides is 3. The molecular weight excluding hydrogens is 405 g/mol. The van der Waals surface area contributed by atoms with Crippen LogP contribution in [0.15, 0.2) is 54.6 Å². The Kier molecular flexibility index (Phi) is 8.32. The van der Waals surface area contributed by atoms with Gasteiger partial charge in [0.15, 0.2) is 0 Å². The highest BCUT2D eigenvalue weighted by molar-refractivity contribution is 7.86. The van der Waals surface area contributed by atoms with Gasteiger partial charge in [-0.25, -0.2) is 0 Å². The first-order chi connectivity index (χ1) is 12.5. The minimum absolute atomic E-state index is 0.246. The number of halogens is 3. The zero-order valence-electron chi connectivity index (χ0n) is 14.1. The van der Waals surface area contributed by atoms with E-state index in [0.29, 0.717) is 5.75 Å². The second-order valence-corrected chi connectivity index (χ2v) is 7.01. The lowest BCUT2D eigenvalue weighted by atomic mass is 9.93. The molecule has 0 aliphatic heterocycles. The van der Waals surface area contributed by atoms with Gasteiger partial charge in [-0.3, -0.25) is 9.35 Å². The van der Waals surface area contributed by atoms with Crippen LogP contribution >= 0.6 is 12.6 Å². The molecule has 0 aromatic heterocycles. The number of hydrogen-bond donors (Lipinski definition) is 2. The van der Waals surface area contributed by atoms with E-state index in [2.05, 4.69) is 24.8 Å². The zero-order valence-corrected chi connectivity index (χ0v) is 15.8. The number of benzene rings is 2. The summed E-state index contributed by atoms with van der Waals surface area (Å²) in [7, 11) is -5.84. The highest BCUT2D eigenvalue weighted by atomic mass is 32.2. The van der Waals surface area contributed by atoms with Crippen molar-refractivity contribution in [3.05, 3.63) is 65.7 Å². The summed E-state index contributed by atoms with van der Waals surface area (Å²) in [6.45, 7) is 1.40. The predicted octanol–water partition coefficient (Wildman–Crippen LogP) is 4.07. The van der Waals surface area contributed by atoms with Gasteiger partial charge >= 0.3 is 21.6 Å². The number of carbonyl (C=O) groups is 1. The van der Waals surface area contributed by atoms with Crippen LogP contribution in [-0.4, -0.2) is 30.2 Å². The number of ether oxygens (including phenoxy) is 1. The lowest BCUT2D eigenvalue weighted by Crippen LogP contribution is -2.21. The van der Waals surface area contributed by atoms with Gasteiger partial charge in [0.1, 0.15) is 5.75 Å². The molecule has 0 amide bonds. The monoisotopic (exact) mass is 422 g/mol. The van der Waals surface area contributed by atoms with Crippen molar-refractivity contribution in [3.63, 3.8) is 0 Å². The molecule has 0 radical (unpaired) electrons. The Balaban J connectivity index is 0.000000387. The Morgan fingerprint density at radius 1 is 1.07 bits per heavy atom. The molecule has 27 heavy (non-hydrogen) atoms. The van der Waals surface area contributed by atoms with E-state index in [0.717, 1.165) is 11.3 Å². The summed E-state index contributed by atoms with van der Waals surface area (Å²) in [4.78, 5) is 10.9. The summed E-state index contributed by atoms with van der Waals surface area (Å²) in [6.07, 6.45) is 0. The number of carbonyl (C=O) groups excluding carboxylic acids is 1. The molecule has 2 aromatic rings. The first-order valence-corrected chi connectivity index (χ1v) is 9.51. The molecule has 5 nitrogen and oxygen atoms in total. The highest BCUT2D eigenvalue weighted by Crippen LogP contribution is 2.27. The van der Waals surface area contributed by atoms with E-state index in [1.807, 2.05) is 42.5 Å². The molecule has 1 atom stereocenters. The third kappa shape index (κ3) is 7.61. The molecule has 1 N–H and O–H groups in total. The molecule has 0 fully saturated rings. The van der Waals surface area contributed by atoms with Gasteiger partial charge in [0.2, 0.25) is 0 Å². The topological polar surface area (TPSA) is 80.7 Å². The van der Waals surface area contributed by atoms with Crippen molar-refractivity contribution in [2.75, 3.05) is 5.75 Å². The van der Waals surface area contributed by atoms with Gasteiger partial charge in [-0.15, -0.1) is 0 Å². The van der Waals surface area contributed by atoms with E-state index >= 15 is 0 Å². The van der Waals surface area contributed by atoms with Gasteiger partial charge in [0, 0.05) is 18.6 Å². The Labute approximate surface area is 160 Å². The smallest absolute Gasteiger partial charge is 0.427 e. The van der Waals surface area contributed by atoms with E-state index < -0.39 is 15.6 Å². The fourth-order valence-electron chi connectivity index (χ4n) is 2.02. The van der Waals surface area contributed by atoms with Crippen molar-refractivity contribution in [2.45, 2.75) is 18.3 Å². The molecule has 10 heteroatoms. The summed E-state index contributed by atoms with van der Waals surface area (Å²) >= 11 is 4.43. The molecule has 0 aliphatic rings. The van der Waals surface area contributed by atoms with Crippen molar-refractivity contribution in [1.29, 1.82) is 0 Å². The molecule has 0 bridgehead atoms. The van der Waals surface area contributed by atoms with Crippen molar-refractivity contribution < 1.29 is 35.7 Å². The Bertz CT molecular complexity index is 835. The normalized spacial score (nSPS) is 12.5. The van der Waals surface area contributed by atoms with Crippen molar-refractivity contribution >= 4 is 28.7 Å². The molecule has 1 unspecified atom stereocenters. The van der Waals surface area contributed by atoms with Crippen molar-refractivity contribution in [2.24, 2.45) is 0 Å². The van der Waals surface area contributed by atoms with Gasteiger partial charge in [-0.05, 0) is 23.3 Å². The largest absolute Gasteiger partial charge is 0.522 e. The van der Waals surface area contributed by atoms with Crippen LogP contribution in [-0.2, 0) is 14.9 Å². The third-order valence-corrected chi connectivity index (χ3v) is 4.17. The van der Waals surface area contributed by atoms with E-state index in [4.69, 9.17) is 17.7 Å². The molecule has 0 heterocycles. The quantitative estimate of drug-likeness (QED) is 0.255. The van der Waals surface area contributed by atoms with Crippen LogP contribution in [0.4, 0.5) is 13.2 Å². The maximum absolute atomic E-state index is 10.9. The number of esters is 1. The predicted molar refractivity (Wildman–Crippen MR) is 97.5 cm³/mol. The van der Waals surface area contributed by atoms with Gasteiger partial charge in [0.05, 0.1) is 0 Å². The Hall–Kier alpha value is -2.04. The number of hydrogen-bond acceptors (Lipinski definition) is 5. The maximum atomic E-state index is 10.9. The van der Waals surface area contributed by atoms with Gasteiger partial charge < -0.3 is 4.74 Å². The maximum Gasteiger partial charge on any atom is 0.522 e. The standard InChI is InChI=1S/C16H16O2S.CHF3O3S/c1-12(17)18-15-9-7-14(8-10-15)16(11-19)13-5-3-2-4-6-13;2-1(3,4)8(5,6)7/h2-10,16,19H,11H2,1H3;(H,5,6,7). The highest BCUT2D eigenvalue weighted by Gasteiger charge is 2.44. The number of rotatable bonds is 4. The average Bonchev–Trinajstić information content (AvgIpc) is 2.56. The lowest BCUT2D eigenvalue weighted by molar-refractivity contribution is -0.131. The summed E-state index contributed by atoms with van der Waals surface area (Å²) in [5, 5.41) is 0. The van der Waals surface area contributed by atoms with Gasteiger partial charge in [0.25, 0.3) is 0 Å². The summed E-state index contributed by atoms with van der Waals surface area (Å²) < 4.78 is 62.6. The molecule has 0 saturated carbocycles. The van der Waals surface area contributed by atoms with Crippen LogP contribution in [0.5, 0.6) is 5.75 Å². The second-order valence-electron chi connectivity index (χ2n) is 5.23. The fraction of sp³-hybridized carbons (Fsp3) is 0.235. The van der Waals surface area contributed by atoms with Crippen LogP contribution in [0.25, 0.3) is 0 Å². The summed E-state index contributed by atoms with van der Waals surface area (Å²) in [6, 6.07) is 17.8. The number of thiol groups is 1. The fourth-order valence-corrected chi connectivity index (χ4v) is 2.44. The molecule has 0 spiro atoms. The Morgan fingerprint density at radius 2 is 1.52 bits per heavy atom.